The molecule has 0 N–H and O–H groups in total. The van der Waals surface area contributed by atoms with E-state index in [4.69, 9.17) is 14.2 Å². The zero-order valence-electron chi connectivity index (χ0n) is 10.1. The van der Waals surface area contributed by atoms with Crippen LogP contribution < -0.4 is 14.2 Å². The first-order chi connectivity index (χ1) is 9.36. The molecule has 0 radical (unpaired) electrons. The summed E-state index contributed by atoms with van der Waals surface area (Å²) in [4.78, 5) is 12.3. The van der Waals surface area contributed by atoms with E-state index >= 15 is 0 Å². The monoisotopic (exact) mass is 276 g/mol. The first-order valence-electron chi connectivity index (χ1n) is 5.91. The van der Waals surface area contributed by atoms with Crippen LogP contribution >= 0.6 is 11.3 Å². The second-order valence-electron chi connectivity index (χ2n) is 4.04. The van der Waals surface area contributed by atoms with E-state index in [2.05, 4.69) is 6.07 Å². The van der Waals surface area contributed by atoms with Crippen LogP contribution in [0.15, 0.2) is 29.6 Å². The molecule has 0 saturated heterocycles. The molecule has 0 saturated carbocycles. The molecule has 0 aliphatic carbocycles. The maximum absolute atomic E-state index is 11.0. The van der Waals surface area contributed by atoms with Gasteiger partial charge in [-0.15, -0.1) is 11.3 Å². The van der Waals surface area contributed by atoms with E-state index in [0.717, 1.165) is 12.7 Å². The van der Waals surface area contributed by atoms with Gasteiger partial charge in [0.1, 0.15) is 5.75 Å². The number of carbonyl (C=O) groups excluding carboxylic acids is 1. The molecule has 1 aromatic heterocycles. The van der Waals surface area contributed by atoms with Crippen LogP contribution in [0.4, 0.5) is 0 Å². The standard InChI is InChI=1S/C14H12O4S/c15-8-10-6-13-14(18-9-17-13)7-12(10)16-4-3-11-2-1-5-19-11/h1-2,5-8H,3-4,9H2. The van der Waals surface area contributed by atoms with Gasteiger partial charge in [-0.3, -0.25) is 4.79 Å². The van der Waals surface area contributed by atoms with Crippen molar-refractivity contribution in [1.29, 1.82) is 0 Å². The van der Waals surface area contributed by atoms with Gasteiger partial charge in [0, 0.05) is 17.4 Å². The number of hydrogen-bond acceptors (Lipinski definition) is 5. The van der Waals surface area contributed by atoms with Crippen molar-refractivity contribution >= 4 is 17.6 Å². The third-order valence-corrected chi connectivity index (χ3v) is 3.75. The maximum atomic E-state index is 11.0. The van der Waals surface area contributed by atoms with Gasteiger partial charge >= 0.3 is 0 Å². The number of hydrogen-bond donors (Lipinski definition) is 0. The number of rotatable bonds is 5. The zero-order valence-corrected chi connectivity index (χ0v) is 10.9. The van der Waals surface area contributed by atoms with Gasteiger partial charge in [-0.05, 0) is 17.5 Å². The minimum absolute atomic E-state index is 0.187. The lowest BCUT2D eigenvalue weighted by atomic mass is 10.2. The Kier molecular flexibility index (Phi) is 3.37. The first-order valence-corrected chi connectivity index (χ1v) is 6.79. The minimum Gasteiger partial charge on any atom is -0.492 e. The Morgan fingerprint density at radius 3 is 2.89 bits per heavy atom. The Hall–Kier alpha value is -2.01. The lowest BCUT2D eigenvalue weighted by molar-refractivity contribution is 0.111. The van der Waals surface area contributed by atoms with Gasteiger partial charge in [0.2, 0.25) is 6.79 Å². The third kappa shape index (κ3) is 2.56. The quantitative estimate of drug-likeness (QED) is 0.788. The van der Waals surface area contributed by atoms with Crippen molar-refractivity contribution in [2.45, 2.75) is 6.42 Å². The summed E-state index contributed by atoms with van der Waals surface area (Å²) in [5, 5.41) is 2.03. The third-order valence-electron chi connectivity index (χ3n) is 2.82. The van der Waals surface area contributed by atoms with E-state index < -0.39 is 0 Å². The van der Waals surface area contributed by atoms with Crippen LogP contribution in [0.2, 0.25) is 0 Å². The summed E-state index contributed by atoms with van der Waals surface area (Å²) in [5.41, 5.74) is 0.482. The predicted molar refractivity (Wildman–Crippen MR) is 71.5 cm³/mol. The Labute approximate surface area is 114 Å². The van der Waals surface area contributed by atoms with E-state index in [9.17, 15) is 4.79 Å². The molecule has 2 heterocycles. The van der Waals surface area contributed by atoms with Crippen molar-refractivity contribution in [3.63, 3.8) is 0 Å². The first kappa shape index (κ1) is 12.0. The van der Waals surface area contributed by atoms with Gasteiger partial charge in [-0.1, -0.05) is 6.07 Å². The predicted octanol–water partition coefficient (Wildman–Crippen LogP) is 2.91. The molecule has 0 bridgehead atoms. The number of fused-ring (bicyclic) bond motifs is 1. The van der Waals surface area contributed by atoms with E-state index in [-0.39, 0.29) is 6.79 Å². The second kappa shape index (κ2) is 5.32. The minimum atomic E-state index is 0.187. The summed E-state index contributed by atoms with van der Waals surface area (Å²) in [6.07, 6.45) is 1.59. The van der Waals surface area contributed by atoms with Crippen LogP contribution in [-0.4, -0.2) is 19.7 Å². The normalized spacial score (nSPS) is 12.4. The summed E-state index contributed by atoms with van der Waals surface area (Å²) in [6.45, 7) is 0.716. The highest BCUT2D eigenvalue weighted by Gasteiger charge is 2.17. The Morgan fingerprint density at radius 2 is 2.16 bits per heavy atom. The number of thiophene rings is 1. The van der Waals surface area contributed by atoms with E-state index in [0.29, 0.717) is 29.4 Å². The molecule has 3 rings (SSSR count). The molecular weight excluding hydrogens is 264 g/mol. The van der Waals surface area contributed by atoms with Crippen LogP contribution in [-0.2, 0) is 6.42 Å². The van der Waals surface area contributed by atoms with Crippen molar-refractivity contribution in [2.75, 3.05) is 13.4 Å². The Morgan fingerprint density at radius 1 is 1.32 bits per heavy atom. The highest BCUT2D eigenvalue weighted by Crippen LogP contribution is 2.37. The van der Waals surface area contributed by atoms with Gasteiger partial charge in [-0.25, -0.2) is 0 Å². The molecule has 0 atom stereocenters. The van der Waals surface area contributed by atoms with E-state index in [1.54, 1.807) is 23.5 Å². The van der Waals surface area contributed by atoms with Crippen LogP contribution in [0.3, 0.4) is 0 Å². The molecule has 98 valence electrons. The lowest BCUT2D eigenvalue weighted by Gasteiger charge is -2.08. The summed E-state index contributed by atoms with van der Waals surface area (Å²) < 4.78 is 16.2. The number of carbonyl (C=O) groups is 1. The average Bonchev–Trinajstić information content (AvgIpc) is 3.08. The molecule has 4 nitrogen and oxygen atoms in total. The van der Waals surface area contributed by atoms with Gasteiger partial charge < -0.3 is 14.2 Å². The molecular formula is C14H12O4S. The molecule has 0 fully saturated rings. The number of benzene rings is 1. The average molecular weight is 276 g/mol. The maximum Gasteiger partial charge on any atom is 0.231 e. The van der Waals surface area contributed by atoms with Crippen molar-refractivity contribution in [1.82, 2.24) is 0 Å². The van der Waals surface area contributed by atoms with Crippen LogP contribution in [0, 0.1) is 0 Å². The zero-order chi connectivity index (χ0) is 13.1. The highest BCUT2D eigenvalue weighted by atomic mass is 32.1. The van der Waals surface area contributed by atoms with Gasteiger partial charge in [0.05, 0.1) is 12.2 Å². The van der Waals surface area contributed by atoms with Crippen LogP contribution in [0.25, 0.3) is 0 Å². The second-order valence-corrected chi connectivity index (χ2v) is 5.07. The lowest BCUT2D eigenvalue weighted by Crippen LogP contribution is -2.02. The molecule has 1 aliphatic rings. The number of ether oxygens (including phenoxy) is 3. The van der Waals surface area contributed by atoms with Gasteiger partial charge in [-0.2, -0.15) is 0 Å². The van der Waals surface area contributed by atoms with Gasteiger partial charge in [0.15, 0.2) is 17.8 Å². The molecule has 0 amide bonds. The summed E-state index contributed by atoms with van der Waals surface area (Å²) in [5.74, 6) is 1.75. The Balaban J connectivity index is 1.71. The molecule has 0 unspecified atom stereocenters. The summed E-state index contributed by atoms with van der Waals surface area (Å²) in [6, 6.07) is 7.43. The fourth-order valence-corrected chi connectivity index (χ4v) is 2.56. The molecule has 0 spiro atoms. The highest BCUT2D eigenvalue weighted by molar-refractivity contribution is 7.09. The van der Waals surface area contributed by atoms with E-state index in [1.807, 2.05) is 11.4 Å². The van der Waals surface area contributed by atoms with Crippen LogP contribution in [0.1, 0.15) is 15.2 Å². The van der Waals surface area contributed by atoms with E-state index in [1.165, 1.54) is 4.88 Å². The molecule has 1 aliphatic heterocycles. The smallest absolute Gasteiger partial charge is 0.231 e. The SMILES string of the molecule is O=Cc1cc2c(cc1OCCc1cccs1)OCO2. The molecule has 2 aromatic rings. The van der Waals surface area contributed by atoms with Crippen molar-refractivity contribution in [3.8, 4) is 17.2 Å². The molecule has 5 heteroatoms. The largest absolute Gasteiger partial charge is 0.492 e. The van der Waals surface area contributed by atoms with Crippen LogP contribution in [0.5, 0.6) is 17.2 Å². The topological polar surface area (TPSA) is 44.8 Å². The Bertz CT molecular complexity index is 577. The number of aldehydes is 1. The molecule has 19 heavy (non-hydrogen) atoms. The van der Waals surface area contributed by atoms with Crippen molar-refractivity contribution in [3.05, 3.63) is 40.1 Å². The summed E-state index contributed by atoms with van der Waals surface area (Å²) in [7, 11) is 0. The molecule has 1 aromatic carbocycles. The van der Waals surface area contributed by atoms with Crippen molar-refractivity contribution in [2.24, 2.45) is 0 Å². The van der Waals surface area contributed by atoms with Crippen molar-refractivity contribution < 1.29 is 19.0 Å². The van der Waals surface area contributed by atoms with Gasteiger partial charge in [0.25, 0.3) is 0 Å². The summed E-state index contributed by atoms with van der Waals surface area (Å²) >= 11 is 1.69. The fraction of sp³-hybridized carbons (Fsp3) is 0.214. The fourth-order valence-electron chi connectivity index (χ4n) is 1.87.